The highest BCUT2D eigenvalue weighted by Crippen LogP contribution is 2.34. The predicted molar refractivity (Wildman–Crippen MR) is 146 cm³/mol. The standard InChI is InChI=1S/C29H32FN5O4/c1-18-11-12-20(15-23(18)30)35(26(36)17-34-25-10-8-7-9-24(25)32-33-34)27(28(37)31-29(2,3)4)19-13-21(38-5)16-22(14-19)39-6/h7-16,27H,17H2,1-6H3,(H,31,37)/t27-/m1/s1. The number of nitrogens with one attached hydrogen (secondary N) is 1. The second-order valence-electron chi connectivity index (χ2n) is 10.2. The summed E-state index contributed by atoms with van der Waals surface area (Å²) < 4.78 is 27.2. The predicted octanol–water partition coefficient (Wildman–Crippen LogP) is 4.59. The van der Waals surface area contributed by atoms with E-state index in [0.29, 0.717) is 33.7 Å². The lowest BCUT2D eigenvalue weighted by Crippen LogP contribution is -2.50. The number of rotatable bonds is 8. The van der Waals surface area contributed by atoms with Gasteiger partial charge in [0.25, 0.3) is 0 Å². The maximum Gasteiger partial charge on any atom is 0.249 e. The zero-order chi connectivity index (χ0) is 28.3. The monoisotopic (exact) mass is 533 g/mol. The Bertz CT molecular complexity index is 1490. The summed E-state index contributed by atoms with van der Waals surface area (Å²) in [5.41, 5.74) is 1.70. The number of halogens is 1. The van der Waals surface area contributed by atoms with Crippen LogP contribution in [-0.4, -0.2) is 46.6 Å². The first-order valence-electron chi connectivity index (χ1n) is 12.4. The van der Waals surface area contributed by atoms with Gasteiger partial charge in [-0.2, -0.15) is 0 Å². The Morgan fingerprint density at radius 1 is 1.03 bits per heavy atom. The van der Waals surface area contributed by atoms with Crippen LogP contribution in [0.25, 0.3) is 11.0 Å². The molecule has 1 atom stereocenters. The summed E-state index contributed by atoms with van der Waals surface area (Å²) in [5.74, 6) is -0.597. The van der Waals surface area contributed by atoms with Crippen molar-refractivity contribution in [1.29, 1.82) is 0 Å². The highest BCUT2D eigenvalue weighted by Gasteiger charge is 2.36. The Hall–Kier alpha value is -4.47. The van der Waals surface area contributed by atoms with Crippen LogP contribution in [0.1, 0.15) is 37.9 Å². The molecule has 204 valence electrons. The molecule has 4 rings (SSSR count). The fourth-order valence-corrected chi connectivity index (χ4v) is 4.25. The van der Waals surface area contributed by atoms with Gasteiger partial charge in [0.2, 0.25) is 11.8 Å². The van der Waals surface area contributed by atoms with Gasteiger partial charge in [-0.1, -0.05) is 23.4 Å². The van der Waals surface area contributed by atoms with Crippen LogP contribution in [-0.2, 0) is 16.1 Å². The van der Waals surface area contributed by atoms with Gasteiger partial charge in [0.15, 0.2) is 0 Å². The lowest BCUT2D eigenvalue weighted by atomic mass is 9.99. The Labute approximate surface area is 226 Å². The van der Waals surface area contributed by atoms with Crippen molar-refractivity contribution in [2.75, 3.05) is 19.1 Å². The fraction of sp³-hybridized carbons (Fsp3) is 0.310. The third kappa shape index (κ3) is 6.17. The van der Waals surface area contributed by atoms with Crippen molar-refractivity contribution < 1.29 is 23.5 Å². The normalized spacial score (nSPS) is 12.2. The number of aryl methyl sites for hydroxylation is 1. The van der Waals surface area contributed by atoms with E-state index < -0.39 is 29.2 Å². The number of amides is 2. The largest absolute Gasteiger partial charge is 0.497 e. The van der Waals surface area contributed by atoms with Crippen molar-refractivity contribution in [1.82, 2.24) is 20.3 Å². The molecule has 4 aromatic rings. The third-order valence-corrected chi connectivity index (χ3v) is 6.10. The SMILES string of the molecule is COc1cc(OC)cc([C@H](C(=O)NC(C)(C)C)N(C(=O)Cn2nnc3ccccc32)c2ccc(C)c(F)c2)c1. The van der Waals surface area contributed by atoms with Crippen LogP contribution in [0.15, 0.2) is 60.7 Å². The number of para-hydroxylation sites is 1. The lowest BCUT2D eigenvalue weighted by molar-refractivity contribution is -0.128. The van der Waals surface area contributed by atoms with Crippen molar-refractivity contribution in [2.24, 2.45) is 0 Å². The summed E-state index contributed by atoms with van der Waals surface area (Å²) in [6.07, 6.45) is 0. The van der Waals surface area contributed by atoms with Crippen LogP contribution in [0.4, 0.5) is 10.1 Å². The van der Waals surface area contributed by atoms with Crippen molar-refractivity contribution in [2.45, 2.75) is 45.8 Å². The molecule has 0 unspecified atom stereocenters. The van der Waals surface area contributed by atoms with Crippen LogP contribution < -0.4 is 19.7 Å². The van der Waals surface area contributed by atoms with E-state index in [2.05, 4.69) is 15.6 Å². The molecule has 10 heteroatoms. The Morgan fingerprint density at radius 3 is 2.31 bits per heavy atom. The number of anilines is 1. The van der Waals surface area contributed by atoms with Crippen LogP contribution in [0.3, 0.4) is 0 Å². The first-order valence-corrected chi connectivity index (χ1v) is 12.4. The van der Waals surface area contributed by atoms with Crippen LogP contribution >= 0.6 is 0 Å². The molecule has 0 aliphatic heterocycles. The molecule has 1 heterocycles. The molecule has 0 aliphatic carbocycles. The summed E-state index contributed by atoms with van der Waals surface area (Å²) in [5, 5.41) is 11.2. The van der Waals surface area contributed by atoms with Gasteiger partial charge in [-0.3, -0.25) is 14.5 Å². The first kappa shape index (κ1) is 27.6. The van der Waals surface area contributed by atoms with Crippen molar-refractivity contribution in [3.63, 3.8) is 0 Å². The number of hydrogen-bond donors (Lipinski definition) is 1. The molecular weight excluding hydrogens is 501 g/mol. The topological polar surface area (TPSA) is 98.6 Å². The molecule has 0 spiro atoms. The summed E-state index contributed by atoms with van der Waals surface area (Å²) in [7, 11) is 2.99. The van der Waals surface area contributed by atoms with Crippen molar-refractivity contribution in [3.05, 3.63) is 77.6 Å². The van der Waals surface area contributed by atoms with E-state index in [1.54, 1.807) is 49.4 Å². The molecule has 0 saturated carbocycles. The highest BCUT2D eigenvalue weighted by molar-refractivity contribution is 6.01. The number of aromatic nitrogens is 3. The summed E-state index contributed by atoms with van der Waals surface area (Å²) >= 11 is 0. The van der Waals surface area contributed by atoms with Gasteiger partial charge < -0.3 is 14.8 Å². The van der Waals surface area contributed by atoms with E-state index in [4.69, 9.17) is 9.47 Å². The van der Waals surface area contributed by atoms with Crippen molar-refractivity contribution >= 4 is 28.5 Å². The average Bonchev–Trinajstić information content (AvgIpc) is 3.30. The van der Waals surface area contributed by atoms with Gasteiger partial charge >= 0.3 is 0 Å². The number of ether oxygens (including phenoxy) is 2. The van der Waals surface area contributed by atoms with E-state index >= 15 is 0 Å². The molecule has 0 saturated heterocycles. The first-order chi connectivity index (χ1) is 18.5. The number of fused-ring (bicyclic) bond motifs is 1. The summed E-state index contributed by atoms with van der Waals surface area (Å²) in [6.45, 7) is 6.91. The average molecular weight is 534 g/mol. The Balaban J connectivity index is 1.90. The van der Waals surface area contributed by atoms with Crippen LogP contribution in [0.2, 0.25) is 0 Å². The van der Waals surface area contributed by atoms with Gasteiger partial charge in [0.1, 0.15) is 35.4 Å². The number of carbonyl (C=O) groups excluding carboxylic acids is 2. The van der Waals surface area contributed by atoms with Crippen molar-refractivity contribution in [3.8, 4) is 11.5 Å². The van der Waals surface area contributed by atoms with E-state index in [1.807, 2.05) is 32.9 Å². The van der Waals surface area contributed by atoms with E-state index in [1.165, 1.54) is 29.9 Å². The molecular formula is C29H32FN5O4. The molecule has 2 amide bonds. The van der Waals surface area contributed by atoms with E-state index in [-0.39, 0.29) is 12.2 Å². The summed E-state index contributed by atoms with van der Waals surface area (Å²) in [4.78, 5) is 29.3. The molecule has 0 fully saturated rings. The smallest absolute Gasteiger partial charge is 0.249 e. The van der Waals surface area contributed by atoms with Gasteiger partial charge in [-0.15, -0.1) is 5.10 Å². The minimum absolute atomic E-state index is 0.211. The number of nitrogens with zero attached hydrogens (tertiary/aromatic N) is 4. The lowest BCUT2D eigenvalue weighted by Gasteiger charge is -2.34. The molecule has 9 nitrogen and oxygen atoms in total. The number of hydrogen-bond acceptors (Lipinski definition) is 6. The molecule has 0 bridgehead atoms. The van der Waals surface area contributed by atoms with E-state index in [0.717, 1.165) is 0 Å². The molecule has 0 radical (unpaired) electrons. The van der Waals surface area contributed by atoms with Crippen LogP contribution in [0.5, 0.6) is 11.5 Å². The molecule has 1 N–H and O–H groups in total. The zero-order valence-corrected chi connectivity index (χ0v) is 22.9. The fourth-order valence-electron chi connectivity index (χ4n) is 4.25. The third-order valence-electron chi connectivity index (χ3n) is 6.10. The Morgan fingerprint density at radius 2 is 1.69 bits per heavy atom. The van der Waals surface area contributed by atoms with Crippen LogP contribution in [0, 0.1) is 12.7 Å². The second kappa shape index (κ2) is 11.1. The number of methoxy groups -OCH3 is 2. The van der Waals surface area contributed by atoms with Gasteiger partial charge in [-0.25, -0.2) is 9.07 Å². The number of carbonyl (C=O) groups is 2. The zero-order valence-electron chi connectivity index (χ0n) is 22.9. The highest BCUT2D eigenvalue weighted by atomic mass is 19.1. The van der Waals surface area contributed by atoms with Gasteiger partial charge in [-0.05, 0) is 75.2 Å². The quantitative estimate of drug-likeness (QED) is 0.356. The van der Waals surface area contributed by atoms with Gasteiger partial charge in [0.05, 0.1) is 19.7 Å². The molecule has 1 aromatic heterocycles. The maximum atomic E-state index is 14.9. The second-order valence-corrected chi connectivity index (χ2v) is 10.2. The Kier molecular flexibility index (Phi) is 7.85. The summed E-state index contributed by atoms with van der Waals surface area (Å²) in [6, 6.07) is 15.5. The van der Waals surface area contributed by atoms with E-state index in [9.17, 15) is 14.0 Å². The number of benzene rings is 3. The minimum Gasteiger partial charge on any atom is -0.497 e. The molecule has 0 aliphatic rings. The van der Waals surface area contributed by atoms with Gasteiger partial charge in [0, 0.05) is 17.3 Å². The maximum absolute atomic E-state index is 14.9. The minimum atomic E-state index is -1.20. The molecule has 3 aromatic carbocycles. The molecule has 39 heavy (non-hydrogen) atoms.